The Balaban J connectivity index is 0.000000604. The predicted octanol–water partition coefficient (Wildman–Crippen LogP) is 2.35. The first kappa shape index (κ1) is 18.2. The van der Waals surface area contributed by atoms with Crippen molar-refractivity contribution in [1.82, 2.24) is 20.4 Å². The van der Waals surface area contributed by atoms with Gasteiger partial charge in [0, 0.05) is 23.5 Å². The Bertz CT molecular complexity index is 958. The number of benzene rings is 1. The summed E-state index contributed by atoms with van der Waals surface area (Å²) in [5, 5.41) is 18.2. The SMILES string of the molecule is O=C(N[C@@H]1CN2CCC1CC2)c1n[nH]c2cc(-c3ccoc3)ccc12.O=CO. The van der Waals surface area contributed by atoms with Crippen LogP contribution in [0.5, 0.6) is 0 Å². The number of carboxylic acid groups (broad SMARTS) is 1. The number of amides is 1. The minimum absolute atomic E-state index is 0.0824. The van der Waals surface area contributed by atoms with Gasteiger partial charge in [-0.2, -0.15) is 5.10 Å². The standard InChI is InChI=1S/C19H20N4O2.CH2O2/c24-19(20-17-10-23-6-3-12(17)4-7-23)18-15-2-1-13(9-16(15)21-22-18)14-5-8-25-11-14;2-1-3/h1-2,5,8-9,11-12,17H,3-4,6-7,10H2,(H,20,24)(H,21,22);1H,(H,2,3)/t17-;/m1./s1. The second-order valence-corrected chi connectivity index (χ2v) is 7.17. The van der Waals surface area contributed by atoms with Crippen molar-refractivity contribution in [3.63, 3.8) is 0 Å². The van der Waals surface area contributed by atoms with Crippen molar-refractivity contribution in [2.24, 2.45) is 5.92 Å². The molecule has 28 heavy (non-hydrogen) atoms. The maximum absolute atomic E-state index is 12.8. The number of nitrogens with one attached hydrogen (secondary N) is 2. The summed E-state index contributed by atoms with van der Waals surface area (Å²) in [5.41, 5.74) is 3.38. The Labute approximate surface area is 161 Å². The van der Waals surface area contributed by atoms with Gasteiger partial charge < -0.3 is 19.7 Å². The highest BCUT2D eigenvalue weighted by Crippen LogP contribution is 2.29. The van der Waals surface area contributed by atoms with Crippen LogP contribution in [0.4, 0.5) is 0 Å². The number of furan rings is 1. The van der Waals surface area contributed by atoms with Gasteiger partial charge in [-0.15, -0.1) is 0 Å². The molecule has 2 bridgehead atoms. The van der Waals surface area contributed by atoms with Crippen molar-refractivity contribution in [3.8, 4) is 11.1 Å². The third-order valence-corrected chi connectivity index (χ3v) is 5.61. The third kappa shape index (κ3) is 3.50. The molecule has 146 valence electrons. The van der Waals surface area contributed by atoms with Gasteiger partial charge in [0.2, 0.25) is 0 Å². The molecule has 3 aromatic rings. The number of carbonyl (C=O) groups is 2. The molecule has 0 radical (unpaired) electrons. The second-order valence-electron chi connectivity index (χ2n) is 7.17. The van der Waals surface area contributed by atoms with Gasteiger partial charge in [0.1, 0.15) is 0 Å². The highest BCUT2D eigenvalue weighted by atomic mass is 16.3. The van der Waals surface area contributed by atoms with E-state index in [-0.39, 0.29) is 18.4 Å². The summed E-state index contributed by atoms with van der Waals surface area (Å²) in [6, 6.07) is 8.10. The number of aromatic amines is 1. The summed E-state index contributed by atoms with van der Waals surface area (Å²) in [5.74, 6) is 0.521. The summed E-state index contributed by atoms with van der Waals surface area (Å²) in [7, 11) is 0. The number of fused-ring (bicyclic) bond motifs is 4. The number of carbonyl (C=O) groups excluding carboxylic acids is 1. The lowest BCUT2D eigenvalue weighted by atomic mass is 9.84. The molecule has 3 saturated heterocycles. The molecule has 0 saturated carbocycles. The van der Waals surface area contributed by atoms with Crippen LogP contribution in [-0.2, 0) is 4.79 Å². The molecule has 6 rings (SSSR count). The molecule has 0 spiro atoms. The molecule has 0 aliphatic carbocycles. The van der Waals surface area contributed by atoms with Crippen LogP contribution in [0.25, 0.3) is 22.0 Å². The van der Waals surface area contributed by atoms with Gasteiger partial charge in [-0.05, 0) is 55.6 Å². The average Bonchev–Trinajstić information content (AvgIpc) is 3.39. The Kier molecular flexibility index (Phi) is 5.12. The van der Waals surface area contributed by atoms with Gasteiger partial charge >= 0.3 is 0 Å². The van der Waals surface area contributed by atoms with Gasteiger partial charge in [0.05, 0.1) is 18.0 Å². The van der Waals surface area contributed by atoms with Crippen molar-refractivity contribution in [2.45, 2.75) is 18.9 Å². The lowest BCUT2D eigenvalue weighted by Gasteiger charge is -2.44. The molecule has 5 heterocycles. The molecular formula is C20H22N4O4. The van der Waals surface area contributed by atoms with Crippen LogP contribution in [0.1, 0.15) is 23.3 Å². The van der Waals surface area contributed by atoms with Gasteiger partial charge in [0.15, 0.2) is 5.69 Å². The molecule has 1 aromatic carbocycles. The Morgan fingerprint density at radius 1 is 1.29 bits per heavy atom. The van der Waals surface area contributed by atoms with E-state index in [0.29, 0.717) is 11.6 Å². The fourth-order valence-electron chi connectivity index (χ4n) is 4.17. The van der Waals surface area contributed by atoms with Crippen LogP contribution in [0, 0.1) is 5.92 Å². The molecule has 3 N–H and O–H groups in total. The first-order valence-corrected chi connectivity index (χ1v) is 9.31. The molecule has 8 nitrogen and oxygen atoms in total. The molecule has 0 unspecified atom stereocenters. The number of nitrogens with zero attached hydrogens (tertiary/aromatic N) is 2. The van der Waals surface area contributed by atoms with E-state index >= 15 is 0 Å². The second kappa shape index (κ2) is 7.85. The molecular weight excluding hydrogens is 360 g/mol. The summed E-state index contributed by atoms with van der Waals surface area (Å²) in [6.45, 7) is 3.04. The van der Waals surface area contributed by atoms with E-state index in [1.165, 1.54) is 25.9 Å². The zero-order valence-corrected chi connectivity index (χ0v) is 15.3. The maximum Gasteiger partial charge on any atom is 0.290 e. The van der Waals surface area contributed by atoms with Crippen LogP contribution in [0.2, 0.25) is 0 Å². The van der Waals surface area contributed by atoms with Crippen molar-refractivity contribution in [1.29, 1.82) is 0 Å². The Morgan fingerprint density at radius 3 is 2.71 bits per heavy atom. The molecule has 2 aromatic heterocycles. The largest absolute Gasteiger partial charge is 0.483 e. The molecule has 8 heteroatoms. The zero-order valence-electron chi connectivity index (χ0n) is 15.3. The number of H-pyrrole nitrogens is 1. The van der Waals surface area contributed by atoms with E-state index in [4.69, 9.17) is 14.3 Å². The van der Waals surface area contributed by atoms with Crippen LogP contribution in [0.15, 0.2) is 41.2 Å². The van der Waals surface area contributed by atoms with Gasteiger partial charge in [0.25, 0.3) is 12.4 Å². The number of rotatable bonds is 3. The summed E-state index contributed by atoms with van der Waals surface area (Å²) in [4.78, 5) is 23.5. The first-order valence-electron chi connectivity index (χ1n) is 9.31. The maximum atomic E-state index is 12.8. The monoisotopic (exact) mass is 382 g/mol. The van der Waals surface area contributed by atoms with E-state index in [9.17, 15) is 4.79 Å². The number of aromatic nitrogens is 2. The molecule has 3 aliphatic rings. The molecule has 1 atom stereocenters. The topological polar surface area (TPSA) is 111 Å². The molecule has 3 aliphatic heterocycles. The van der Waals surface area contributed by atoms with E-state index in [1.807, 2.05) is 24.3 Å². The van der Waals surface area contributed by atoms with E-state index in [1.54, 1.807) is 12.5 Å². The third-order valence-electron chi connectivity index (χ3n) is 5.61. The summed E-state index contributed by atoms with van der Waals surface area (Å²) in [6.07, 6.45) is 5.72. The van der Waals surface area contributed by atoms with Crippen molar-refractivity contribution >= 4 is 23.3 Å². The van der Waals surface area contributed by atoms with Crippen molar-refractivity contribution in [2.75, 3.05) is 19.6 Å². The van der Waals surface area contributed by atoms with Crippen molar-refractivity contribution in [3.05, 3.63) is 42.5 Å². The zero-order chi connectivity index (χ0) is 19.5. The van der Waals surface area contributed by atoms with Crippen LogP contribution in [-0.4, -0.2) is 58.3 Å². The lowest BCUT2D eigenvalue weighted by Crippen LogP contribution is -2.57. The van der Waals surface area contributed by atoms with E-state index in [0.717, 1.165) is 28.6 Å². The fraction of sp³-hybridized carbons (Fsp3) is 0.350. The van der Waals surface area contributed by atoms with E-state index in [2.05, 4.69) is 20.4 Å². The normalized spacial score (nSPS) is 23.1. The van der Waals surface area contributed by atoms with Gasteiger partial charge in [-0.1, -0.05) is 6.07 Å². The van der Waals surface area contributed by atoms with Crippen molar-refractivity contribution < 1.29 is 19.1 Å². The number of piperidine rings is 3. The highest BCUT2D eigenvalue weighted by molar-refractivity contribution is 6.05. The minimum atomic E-state index is -0.250. The van der Waals surface area contributed by atoms with Crippen LogP contribution < -0.4 is 5.32 Å². The highest BCUT2D eigenvalue weighted by Gasteiger charge is 2.35. The smallest absolute Gasteiger partial charge is 0.290 e. The number of hydrogen-bond acceptors (Lipinski definition) is 5. The summed E-state index contributed by atoms with van der Waals surface area (Å²) < 4.78 is 5.14. The minimum Gasteiger partial charge on any atom is -0.483 e. The average molecular weight is 382 g/mol. The number of hydrogen-bond donors (Lipinski definition) is 3. The fourth-order valence-corrected chi connectivity index (χ4v) is 4.17. The van der Waals surface area contributed by atoms with Crippen LogP contribution in [0.3, 0.4) is 0 Å². The molecule has 3 fully saturated rings. The quantitative estimate of drug-likeness (QED) is 0.600. The Morgan fingerprint density at radius 2 is 2.07 bits per heavy atom. The van der Waals surface area contributed by atoms with E-state index < -0.39 is 0 Å². The molecule has 1 amide bonds. The van der Waals surface area contributed by atoms with Gasteiger partial charge in [-0.3, -0.25) is 14.7 Å². The first-order chi connectivity index (χ1) is 13.7. The predicted molar refractivity (Wildman–Crippen MR) is 103 cm³/mol. The van der Waals surface area contributed by atoms with Crippen LogP contribution >= 0.6 is 0 Å². The van der Waals surface area contributed by atoms with Gasteiger partial charge in [-0.25, -0.2) is 0 Å². The summed E-state index contributed by atoms with van der Waals surface area (Å²) >= 11 is 0. The lowest BCUT2D eigenvalue weighted by molar-refractivity contribution is -0.122. The Hall–Kier alpha value is -3.13.